The van der Waals surface area contributed by atoms with E-state index in [1.807, 2.05) is 0 Å². The second kappa shape index (κ2) is 4.59. The lowest BCUT2D eigenvalue weighted by molar-refractivity contribution is -0.141. The van der Waals surface area contributed by atoms with Gasteiger partial charge >= 0.3 is 5.97 Å². The van der Waals surface area contributed by atoms with Crippen molar-refractivity contribution in [3.63, 3.8) is 0 Å². The maximum atomic E-state index is 12.4. The highest BCUT2D eigenvalue weighted by Crippen LogP contribution is 2.20. The predicted octanol–water partition coefficient (Wildman–Crippen LogP) is 0.727. The van der Waals surface area contributed by atoms with Crippen LogP contribution in [0.4, 0.5) is 0 Å². The van der Waals surface area contributed by atoms with Crippen LogP contribution in [0.15, 0.2) is 18.3 Å². The summed E-state index contributed by atoms with van der Waals surface area (Å²) in [6.45, 7) is 2.28. The van der Waals surface area contributed by atoms with Crippen molar-refractivity contribution in [3.05, 3.63) is 29.7 Å². The van der Waals surface area contributed by atoms with Crippen LogP contribution in [-0.2, 0) is 4.79 Å². The summed E-state index contributed by atoms with van der Waals surface area (Å²) in [5, 5.41) is 17.0. The number of carboxylic acids is 1. The second-order valence-corrected chi connectivity index (χ2v) is 4.89. The summed E-state index contributed by atoms with van der Waals surface area (Å²) in [7, 11) is 0. The molecule has 3 rings (SSSR count). The molecule has 0 aromatic carbocycles. The van der Waals surface area contributed by atoms with Crippen molar-refractivity contribution >= 4 is 17.5 Å². The Balaban J connectivity index is 1.95. The van der Waals surface area contributed by atoms with E-state index in [0.717, 1.165) is 6.42 Å². The molecule has 0 bridgehead atoms. The fourth-order valence-corrected chi connectivity index (χ4v) is 2.56. The van der Waals surface area contributed by atoms with Gasteiger partial charge in [0.2, 0.25) is 0 Å². The highest BCUT2D eigenvalue weighted by molar-refractivity contribution is 5.97. The van der Waals surface area contributed by atoms with Gasteiger partial charge < -0.3 is 10.0 Å². The zero-order valence-electron chi connectivity index (χ0n) is 11.0. The van der Waals surface area contributed by atoms with Gasteiger partial charge in [-0.3, -0.25) is 9.20 Å². The van der Waals surface area contributed by atoms with E-state index in [2.05, 4.69) is 10.2 Å². The van der Waals surface area contributed by atoms with Crippen molar-refractivity contribution in [2.45, 2.75) is 25.8 Å². The zero-order valence-corrected chi connectivity index (χ0v) is 11.0. The molecule has 1 atom stereocenters. The number of nitrogens with zero attached hydrogens (tertiary/aromatic N) is 4. The summed E-state index contributed by atoms with van der Waals surface area (Å²) >= 11 is 0. The smallest absolute Gasteiger partial charge is 0.326 e. The molecule has 1 fully saturated rings. The number of aryl methyl sites for hydroxylation is 1. The number of carboxylic acid groups (broad SMARTS) is 1. The number of carbonyl (C=O) groups is 2. The summed E-state index contributed by atoms with van der Waals surface area (Å²) in [5.41, 5.74) is 1.11. The van der Waals surface area contributed by atoms with E-state index in [1.54, 1.807) is 29.7 Å². The number of amides is 1. The fourth-order valence-electron chi connectivity index (χ4n) is 2.56. The minimum atomic E-state index is -0.947. The van der Waals surface area contributed by atoms with E-state index in [-0.39, 0.29) is 5.91 Å². The van der Waals surface area contributed by atoms with Crippen LogP contribution in [-0.4, -0.2) is 49.1 Å². The minimum absolute atomic E-state index is 0.259. The molecule has 1 unspecified atom stereocenters. The van der Waals surface area contributed by atoms with E-state index in [0.29, 0.717) is 30.0 Å². The summed E-state index contributed by atoms with van der Waals surface area (Å²) in [4.78, 5) is 25.0. The van der Waals surface area contributed by atoms with E-state index in [4.69, 9.17) is 5.11 Å². The number of rotatable bonds is 2. The molecule has 7 nitrogen and oxygen atoms in total. The van der Waals surface area contributed by atoms with E-state index in [1.165, 1.54) is 4.90 Å². The first-order valence-corrected chi connectivity index (χ1v) is 6.43. The van der Waals surface area contributed by atoms with Crippen molar-refractivity contribution in [2.24, 2.45) is 0 Å². The maximum Gasteiger partial charge on any atom is 0.326 e. The van der Waals surface area contributed by atoms with Crippen LogP contribution in [0.25, 0.3) is 5.65 Å². The third-order valence-corrected chi connectivity index (χ3v) is 3.62. The standard InChI is InChI=1S/C13H14N4O3/c1-8-14-15-11-5-4-9(7-17(8)11)12(18)16-6-2-3-10(16)13(19)20/h4-5,7,10H,2-3,6H2,1H3,(H,19,20). The highest BCUT2D eigenvalue weighted by Gasteiger charge is 2.34. The average molecular weight is 274 g/mol. The van der Waals surface area contributed by atoms with Crippen molar-refractivity contribution < 1.29 is 14.7 Å². The molecule has 1 aliphatic heterocycles. The van der Waals surface area contributed by atoms with Gasteiger partial charge in [0, 0.05) is 12.7 Å². The lowest BCUT2D eigenvalue weighted by atomic mass is 10.2. The number of aliphatic carboxylic acids is 1. The number of carbonyl (C=O) groups excluding carboxylic acids is 1. The molecule has 1 amide bonds. The maximum absolute atomic E-state index is 12.4. The van der Waals surface area contributed by atoms with Gasteiger partial charge in [-0.25, -0.2) is 4.79 Å². The number of fused-ring (bicyclic) bond motifs is 1. The molecule has 1 saturated heterocycles. The molecule has 104 valence electrons. The highest BCUT2D eigenvalue weighted by atomic mass is 16.4. The van der Waals surface area contributed by atoms with Crippen LogP contribution in [0, 0.1) is 6.92 Å². The van der Waals surface area contributed by atoms with Crippen LogP contribution in [0.5, 0.6) is 0 Å². The Morgan fingerprint density at radius 2 is 2.15 bits per heavy atom. The Morgan fingerprint density at radius 1 is 1.35 bits per heavy atom. The van der Waals surface area contributed by atoms with Crippen LogP contribution in [0.2, 0.25) is 0 Å². The van der Waals surface area contributed by atoms with Gasteiger partial charge in [-0.15, -0.1) is 10.2 Å². The first-order valence-electron chi connectivity index (χ1n) is 6.43. The predicted molar refractivity (Wildman–Crippen MR) is 69.4 cm³/mol. The number of hydrogen-bond acceptors (Lipinski definition) is 4. The molecular formula is C13H14N4O3. The summed E-state index contributed by atoms with van der Waals surface area (Å²) in [6.07, 6.45) is 2.88. The van der Waals surface area contributed by atoms with E-state index < -0.39 is 12.0 Å². The molecule has 1 aliphatic rings. The lowest BCUT2D eigenvalue weighted by Crippen LogP contribution is -2.40. The molecule has 0 aliphatic carbocycles. The minimum Gasteiger partial charge on any atom is -0.480 e. The summed E-state index contributed by atoms with van der Waals surface area (Å²) in [5.74, 6) is -0.520. The summed E-state index contributed by atoms with van der Waals surface area (Å²) in [6, 6.07) is 2.64. The van der Waals surface area contributed by atoms with Gasteiger partial charge in [-0.2, -0.15) is 0 Å². The topological polar surface area (TPSA) is 87.8 Å². The molecule has 0 radical (unpaired) electrons. The number of likely N-dealkylation sites (tertiary alicyclic amines) is 1. The van der Waals surface area contributed by atoms with Gasteiger partial charge in [0.15, 0.2) is 5.65 Å². The quantitative estimate of drug-likeness (QED) is 0.872. The Bertz CT molecular complexity index is 694. The summed E-state index contributed by atoms with van der Waals surface area (Å²) < 4.78 is 1.72. The monoisotopic (exact) mass is 274 g/mol. The molecule has 7 heteroatoms. The number of pyridine rings is 1. The van der Waals surface area contributed by atoms with Crippen molar-refractivity contribution in [3.8, 4) is 0 Å². The first kappa shape index (κ1) is 12.6. The first-order chi connectivity index (χ1) is 9.58. The molecule has 2 aromatic heterocycles. The van der Waals surface area contributed by atoms with Crippen molar-refractivity contribution in [1.82, 2.24) is 19.5 Å². The molecule has 2 aromatic rings. The van der Waals surface area contributed by atoms with Crippen molar-refractivity contribution in [1.29, 1.82) is 0 Å². The van der Waals surface area contributed by atoms with Crippen molar-refractivity contribution in [2.75, 3.05) is 6.54 Å². The third kappa shape index (κ3) is 1.91. The number of aromatic nitrogens is 3. The largest absolute Gasteiger partial charge is 0.480 e. The Hall–Kier alpha value is -2.44. The van der Waals surface area contributed by atoms with Crippen LogP contribution >= 0.6 is 0 Å². The molecule has 0 spiro atoms. The van der Waals surface area contributed by atoms with Crippen LogP contribution in [0.3, 0.4) is 0 Å². The van der Waals surface area contributed by atoms with E-state index in [9.17, 15) is 9.59 Å². The molecule has 20 heavy (non-hydrogen) atoms. The average Bonchev–Trinajstić information content (AvgIpc) is 3.05. The van der Waals surface area contributed by atoms with Gasteiger partial charge in [0.25, 0.3) is 5.91 Å². The third-order valence-electron chi connectivity index (χ3n) is 3.62. The van der Waals surface area contributed by atoms with Crippen LogP contribution < -0.4 is 0 Å². The molecule has 1 N–H and O–H groups in total. The normalized spacial score (nSPS) is 18.6. The van der Waals surface area contributed by atoms with Gasteiger partial charge in [0.1, 0.15) is 11.9 Å². The van der Waals surface area contributed by atoms with E-state index >= 15 is 0 Å². The number of hydrogen-bond donors (Lipinski definition) is 1. The van der Waals surface area contributed by atoms with Crippen LogP contribution in [0.1, 0.15) is 29.0 Å². The molecule has 3 heterocycles. The SMILES string of the molecule is Cc1nnc2ccc(C(=O)N3CCCC3C(=O)O)cn12. The lowest BCUT2D eigenvalue weighted by Gasteiger charge is -2.21. The molecule has 0 saturated carbocycles. The Labute approximate surface area is 114 Å². The second-order valence-electron chi connectivity index (χ2n) is 4.89. The Morgan fingerprint density at radius 3 is 2.90 bits per heavy atom. The van der Waals surface area contributed by atoms with Gasteiger partial charge in [0.05, 0.1) is 5.56 Å². The van der Waals surface area contributed by atoms with Gasteiger partial charge in [-0.1, -0.05) is 0 Å². The fraction of sp³-hybridized carbons (Fsp3) is 0.385. The molecular weight excluding hydrogens is 260 g/mol. The van der Waals surface area contributed by atoms with Gasteiger partial charge in [-0.05, 0) is 31.9 Å². The Kier molecular flexibility index (Phi) is 2.89. The zero-order chi connectivity index (χ0) is 14.3.